The maximum Gasteiger partial charge on any atom is 0.322 e. The summed E-state index contributed by atoms with van der Waals surface area (Å²) in [6.07, 6.45) is 8.17. The van der Waals surface area contributed by atoms with Crippen LogP contribution in [0.3, 0.4) is 0 Å². The van der Waals surface area contributed by atoms with Crippen molar-refractivity contribution in [3.63, 3.8) is 0 Å². The van der Waals surface area contributed by atoms with Crippen molar-refractivity contribution >= 4 is 17.6 Å². The first-order valence-corrected chi connectivity index (χ1v) is 11.2. The van der Waals surface area contributed by atoms with E-state index in [2.05, 4.69) is 15.6 Å². The Morgan fingerprint density at radius 1 is 0.968 bits per heavy atom. The van der Waals surface area contributed by atoms with Gasteiger partial charge in [-0.15, -0.1) is 0 Å². The molecule has 5 rings (SSSR count). The highest BCUT2D eigenvalue weighted by atomic mass is 16.2. The molecule has 3 aliphatic heterocycles. The third-order valence-corrected chi connectivity index (χ3v) is 7.01. The maximum absolute atomic E-state index is 13.1. The summed E-state index contributed by atoms with van der Waals surface area (Å²) in [5, 5.41) is 6.38. The van der Waals surface area contributed by atoms with Crippen LogP contribution in [-0.2, 0) is 13.1 Å². The van der Waals surface area contributed by atoms with Crippen molar-refractivity contribution in [2.24, 2.45) is 5.41 Å². The van der Waals surface area contributed by atoms with Crippen molar-refractivity contribution < 1.29 is 9.59 Å². The second-order valence-corrected chi connectivity index (χ2v) is 9.09. The van der Waals surface area contributed by atoms with Crippen molar-refractivity contribution in [3.05, 3.63) is 59.4 Å². The Morgan fingerprint density at radius 2 is 1.74 bits per heavy atom. The number of piperidine rings is 2. The average Bonchev–Trinajstić information content (AvgIpc) is 3.24. The molecule has 2 aromatic rings. The van der Waals surface area contributed by atoms with Crippen LogP contribution in [0.15, 0.2) is 42.7 Å². The predicted octanol–water partition coefficient (Wildman–Crippen LogP) is 3.24. The van der Waals surface area contributed by atoms with Gasteiger partial charge in [0.15, 0.2) is 0 Å². The molecule has 4 heterocycles. The summed E-state index contributed by atoms with van der Waals surface area (Å²) in [4.78, 5) is 33.7. The van der Waals surface area contributed by atoms with E-state index >= 15 is 0 Å². The topological polar surface area (TPSA) is 77.6 Å². The molecule has 0 radical (unpaired) electrons. The minimum absolute atomic E-state index is 0.0953. The number of benzene rings is 1. The van der Waals surface area contributed by atoms with Crippen molar-refractivity contribution in [2.75, 3.05) is 31.5 Å². The highest BCUT2D eigenvalue weighted by Crippen LogP contribution is 2.38. The predicted molar refractivity (Wildman–Crippen MR) is 119 cm³/mol. The molecule has 162 valence electrons. The number of rotatable bonds is 2. The molecule has 0 atom stereocenters. The zero-order chi connectivity index (χ0) is 21.3. The van der Waals surface area contributed by atoms with E-state index in [4.69, 9.17) is 0 Å². The van der Waals surface area contributed by atoms with Gasteiger partial charge in [-0.1, -0.05) is 0 Å². The zero-order valence-electron chi connectivity index (χ0n) is 17.8. The zero-order valence-corrected chi connectivity index (χ0v) is 17.8. The van der Waals surface area contributed by atoms with Gasteiger partial charge in [-0.2, -0.15) is 0 Å². The third-order valence-electron chi connectivity index (χ3n) is 7.01. The van der Waals surface area contributed by atoms with Crippen molar-refractivity contribution in [1.82, 2.24) is 20.1 Å². The smallest absolute Gasteiger partial charge is 0.322 e. The summed E-state index contributed by atoms with van der Waals surface area (Å²) in [6.45, 7) is 4.95. The Hall–Kier alpha value is -2.93. The van der Waals surface area contributed by atoms with Gasteiger partial charge in [0.05, 0.1) is 0 Å². The van der Waals surface area contributed by atoms with Crippen LogP contribution < -0.4 is 10.6 Å². The van der Waals surface area contributed by atoms with Crippen LogP contribution in [0, 0.1) is 5.41 Å². The van der Waals surface area contributed by atoms with Crippen LogP contribution in [0.1, 0.15) is 47.2 Å². The van der Waals surface area contributed by atoms with Gasteiger partial charge in [0.25, 0.3) is 5.91 Å². The van der Waals surface area contributed by atoms with Crippen LogP contribution in [0.5, 0.6) is 0 Å². The van der Waals surface area contributed by atoms with Gasteiger partial charge >= 0.3 is 6.03 Å². The number of fused-ring (bicyclic) bond motifs is 1. The lowest BCUT2D eigenvalue weighted by atomic mass is 9.73. The Labute approximate surface area is 182 Å². The number of pyridine rings is 1. The van der Waals surface area contributed by atoms with Crippen LogP contribution in [0.25, 0.3) is 0 Å². The van der Waals surface area contributed by atoms with Gasteiger partial charge in [0, 0.05) is 49.8 Å². The van der Waals surface area contributed by atoms with E-state index in [0.29, 0.717) is 24.3 Å². The summed E-state index contributed by atoms with van der Waals surface area (Å²) < 4.78 is 0. The minimum Gasteiger partial charge on any atom is -0.338 e. The number of carbonyl (C=O) groups is 2. The second kappa shape index (κ2) is 8.30. The van der Waals surface area contributed by atoms with E-state index in [9.17, 15) is 9.59 Å². The number of nitrogens with zero attached hydrogens (tertiary/aromatic N) is 3. The van der Waals surface area contributed by atoms with Crippen LogP contribution in [0.4, 0.5) is 10.5 Å². The Bertz CT molecular complexity index is 938. The summed E-state index contributed by atoms with van der Waals surface area (Å²) in [7, 11) is 0. The molecular weight excluding hydrogens is 390 g/mol. The fourth-order valence-corrected chi connectivity index (χ4v) is 5.19. The SMILES string of the molecule is O=C(Nc1ccc(C(=O)N2CCCC3(CCNCC3)C2)cc1)N1Cc2ccncc2C1. The second-order valence-electron chi connectivity index (χ2n) is 9.09. The van der Waals surface area contributed by atoms with Crippen molar-refractivity contribution in [3.8, 4) is 0 Å². The van der Waals surface area contributed by atoms with Gasteiger partial charge < -0.3 is 20.4 Å². The lowest BCUT2D eigenvalue weighted by Gasteiger charge is -2.45. The Kier molecular flexibility index (Phi) is 5.36. The number of hydrogen-bond acceptors (Lipinski definition) is 4. The molecule has 2 N–H and O–H groups in total. The molecule has 31 heavy (non-hydrogen) atoms. The molecule has 1 aromatic heterocycles. The number of nitrogens with one attached hydrogen (secondary N) is 2. The first kappa shape index (κ1) is 20.0. The fourth-order valence-electron chi connectivity index (χ4n) is 5.19. The quantitative estimate of drug-likeness (QED) is 0.784. The van der Waals surface area contributed by atoms with Gasteiger partial charge in [-0.25, -0.2) is 4.79 Å². The van der Waals surface area contributed by atoms with Crippen LogP contribution in [0.2, 0.25) is 0 Å². The van der Waals surface area contributed by atoms with Gasteiger partial charge in [0.1, 0.15) is 0 Å². The van der Waals surface area contributed by atoms with E-state index in [1.54, 1.807) is 11.1 Å². The highest BCUT2D eigenvalue weighted by Gasteiger charge is 2.38. The number of likely N-dealkylation sites (tertiary alicyclic amines) is 1. The number of aromatic nitrogens is 1. The molecule has 1 aromatic carbocycles. The number of urea groups is 1. The first-order valence-electron chi connectivity index (χ1n) is 11.2. The van der Waals surface area contributed by atoms with Gasteiger partial charge in [-0.3, -0.25) is 9.78 Å². The summed E-state index contributed by atoms with van der Waals surface area (Å²) in [6, 6.07) is 9.10. The Morgan fingerprint density at radius 3 is 2.52 bits per heavy atom. The van der Waals surface area contributed by atoms with Crippen LogP contribution in [-0.4, -0.2) is 52.9 Å². The third kappa shape index (κ3) is 4.14. The van der Waals surface area contributed by atoms with E-state index in [1.807, 2.05) is 41.4 Å². The molecule has 3 aliphatic rings. The molecule has 7 heteroatoms. The van der Waals surface area contributed by atoms with Gasteiger partial charge in [-0.05, 0) is 85.6 Å². The highest BCUT2D eigenvalue weighted by molar-refractivity contribution is 5.95. The molecule has 0 unspecified atom stereocenters. The van der Waals surface area contributed by atoms with Crippen molar-refractivity contribution in [1.29, 1.82) is 0 Å². The largest absolute Gasteiger partial charge is 0.338 e. The van der Waals surface area contributed by atoms with Gasteiger partial charge in [0.2, 0.25) is 0 Å². The maximum atomic E-state index is 13.1. The number of carbonyl (C=O) groups excluding carboxylic acids is 2. The number of amides is 3. The monoisotopic (exact) mass is 419 g/mol. The lowest BCUT2D eigenvalue weighted by Crippen LogP contribution is -2.50. The average molecular weight is 420 g/mol. The molecule has 0 aliphatic carbocycles. The number of hydrogen-bond donors (Lipinski definition) is 2. The summed E-state index contributed by atoms with van der Waals surface area (Å²) in [5.41, 5.74) is 3.90. The molecular formula is C24H29N5O2. The van der Waals surface area contributed by atoms with E-state index in [-0.39, 0.29) is 17.4 Å². The molecule has 1 spiro atoms. The van der Waals surface area contributed by atoms with E-state index < -0.39 is 0 Å². The lowest BCUT2D eigenvalue weighted by molar-refractivity contribution is 0.0411. The summed E-state index contributed by atoms with van der Waals surface area (Å²) in [5.74, 6) is 0.0953. The van der Waals surface area contributed by atoms with E-state index in [1.165, 1.54) is 6.42 Å². The van der Waals surface area contributed by atoms with E-state index in [0.717, 1.165) is 56.6 Å². The summed E-state index contributed by atoms with van der Waals surface area (Å²) >= 11 is 0. The molecule has 0 saturated carbocycles. The number of anilines is 1. The first-order chi connectivity index (χ1) is 15.1. The fraction of sp³-hybridized carbons (Fsp3) is 0.458. The minimum atomic E-state index is -0.140. The standard InChI is InChI=1S/C24H29N5O2/c30-22(28-13-1-7-24(17-28)8-11-25-12-9-24)18-2-4-21(5-3-18)27-23(31)29-15-19-6-10-26-14-20(19)16-29/h2-6,10,14,25H,1,7-9,11-13,15-17H2,(H,27,31). The normalized spacial score (nSPS) is 19.9. The molecule has 0 bridgehead atoms. The molecule has 2 fully saturated rings. The molecule has 7 nitrogen and oxygen atoms in total. The van der Waals surface area contributed by atoms with Crippen molar-refractivity contribution in [2.45, 2.75) is 38.8 Å². The Balaban J connectivity index is 1.20. The molecule has 3 amide bonds. The molecule has 2 saturated heterocycles. The van der Waals surface area contributed by atoms with Crippen LogP contribution >= 0.6 is 0 Å².